The number of nitrogens with one attached hydrogen (secondary N) is 1. The first-order valence-electron chi connectivity index (χ1n) is 6.28. The molecule has 3 rings (SSSR count). The summed E-state index contributed by atoms with van der Waals surface area (Å²) in [6.45, 7) is 0.109. The maximum atomic E-state index is 13.1. The van der Waals surface area contributed by atoms with E-state index in [0.29, 0.717) is 17.2 Å². The third-order valence-corrected chi connectivity index (χ3v) is 3.28. The van der Waals surface area contributed by atoms with Crippen LogP contribution < -0.4 is 14.8 Å². The first kappa shape index (κ1) is 13.7. The van der Waals surface area contributed by atoms with Crippen molar-refractivity contribution in [3.8, 4) is 11.5 Å². The van der Waals surface area contributed by atoms with Gasteiger partial charge in [0.05, 0.1) is 5.02 Å². The molecule has 0 unspecified atom stereocenters. The van der Waals surface area contributed by atoms with Gasteiger partial charge in [-0.15, -0.1) is 0 Å². The molecule has 1 atom stereocenters. The van der Waals surface area contributed by atoms with Gasteiger partial charge in [0.1, 0.15) is 12.4 Å². The molecule has 0 saturated carbocycles. The highest BCUT2D eigenvalue weighted by Gasteiger charge is 2.27. The van der Waals surface area contributed by atoms with Crippen molar-refractivity contribution in [2.75, 3.05) is 11.9 Å². The van der Waals surface area contributed by atoms with Crippen LogP contribution in [0.4, 0.5) is 10.1 Å². The monoisotopic (exact) mass is 307 g/mol. The lowest BCUT2D eigenvalue weighted by Crippen LogP contribution is -2.40. The molecule has 0 saturated heterocycles. The largest absolute Gasteiger partial charge is 0.485 e. The Balaban J connectivity index is 1.70. The van der Waals surface area contributed by atoms with Crippen LogP contribution in [0.15, 0.2) is 42.5 Å². The number of halogens is 2. The summed E-state index contributed by atoms with van der Waals surface area (Å²) in [7, 11) is 0. The van der Waals surface area contributed by atoms with E-state index in [1.165, 1.54) is 18.2 Å². The van der Waals surface area contributed by atoms with Gasteiger partial charge in [-0.3, -0.25) is 4.79 Å². The minimum absolute atomic E-state index is 0.0565. The van der Waals surface area contributed by atoms with Crippen LogP contribution in [0.1, 0.15) is 0 Å². The zero-order valence-electron chi connectivity index (χ0n) is 10.8. The Morgan fingerprint density at radius 2 is 2.00 bits per heavy atom. The Morgan fingerprint density at radius 3 is 2.76 bits per heavy atom. The van der Waals surface area contributed by atoms with Crippen molar-refractivity contribution in [1.82, 2.24) is 0 Å². The van der Waals surface area contributed by atoms with Crippen LogP contribution in [0.5, 0.6) is 11.5 Å². The van der Waals surface area contributed by atoms with E-state index in [9.17, 15) is 9.18 Å². The van der Waals surface area contributed by atoms with Crippen LogP contribution in [0.25, 0.3) is 0 Å². The van der Waals surface area contributed by atoms with Gasteiger partial charge < -0.3 is 14.8 Å². The molecule has 0 spiro atoms. The van der Waals surface area contributed by atoms with Gasteiger partial charge in [0.2, 0.25) is 6.10 Å². The molecular formula is C15H11ClFNO3. The molecule has 1 aliphatic heterocycles. The van der Waals surface area contributed by atoms with Crippen molar-refractivity contribution >= 4 is 23.2 Å². The van der Waals surface area contributed by atoms with Gasteiger partial charge in [-0.05, 0) is 30.3 Å². The number of para-hydroxylation sites is 2. The van der Waals surface area contributed by atoms with E-state index in [1.807, 2.05) is 6.07 Å². The van der Waals surface area contributed by atoms with E-state index in [-0.39, 0.29) is 17.5 Å². The Kier molecular flexibility index (Phi) is 3.66. The Hall–Kier alpha value is -2.27. The van der Waals surface area contributed by atoms with Gasteiger partial charge in [-0.2, -0.15) is 0 Å². The fraction of sp³-hybridized carbons (Fsp3) is 0.133. The van der Waals surface area contributed by atoms with E-state index < -0.39 is 11.9 Å². The molecule has 1 aliphatic rings. The van der Waals surface area contributed by atoms with Crippen LogP contribution in [0.2, 0.25) is 5.02 Å². The molecule has 108 valence electrons. The number of fused-ring (bicyclic) bond motifs is 1. The average Bonchev–Trinajstić information content (AvgIpc) is 2.50. The second-order valence-corrected chi connectivity index (χ2v) is 4.89. The maximum Gasteiger partial charge on any atom is 0.269 e. The van der Waals surface area contributed by atoms with E-state index in [0.717, 1.165) is 0 Å². The second kappa shape index (κ2) is 5.61. The third-order valence-electron chi connectivity index (χ3n) is 2.99. The Bertz CT molecular complexity index is 692. The smallest absolute Gasteiger partial charge is 0.269 e. The molecule has 2 aromatic carbocycles. The van der Waals surface area contributed by atoms with Gasteiger partial charge >= 0.3 is 0 Å². The summed E-state index contributed by atoms with van der Waals surface area (Å²) in [5, 5.41) is 2.56. The average molecular weight is 308 g/mol. The van der Waals surface area contributed by atoms with Gasteiger partial charge in [-0.1, -0.05) is 23.7 Å². The number of carbonyl (C=O) groups is 1. The summed E-state index contributed by atoms with van der Waals surface area (Å²) in [6, 6.07) is 11.1. The van der Waals surface area contributed by atoms with Crippen molar-refractivity contribution in [3.05, 3.63) is 53.3 Å². The van der Waals surface area contributed by atoms with E-state index in [2.05, 4.69) is 5.32 Å². The van der Waals surface area contributed by atoms with Crippen LogP contribution in [0, 0.1) is 5.82 Å². The summed E-state index contributed by atoms with van der Waals surface area (Å²) in [6.07, 6.45) is -0.774. The standard InChI is InChI=1S/C15H11ClFNO3/c16-10-7-9(5-6-11(10)17)18-15(19)14-8-20-12-3-1-2-4-13(12)21-14/h1-7,14H,8H2,(H,18,19)/t14-/m0/s1. The van der Waals surface area contributed by atoms with Crippen molar-refractivity contribution in [2.45, 2.75) is 6.10 Å². The maximum absolute atomic E-state index is 13.1. The minimum atomic E-state index is -0.774. The number of anilines is 1. The van der Waals surface area contributed by atoms with Crippen molar-refractivity contribution in [2.24, 2.45) is 0 Å². The molecule has 4 nitrogen and oxygen atoms in total. The molecule has 0 radical (unpaired) electrons. The predicted molar refractivity (Wildman–Crippen MR) is 76.4 cm³/mol. The van der Waals surface area contributed by atoms with Gasteiger partial charge in [0.25, 0.3) is 5.91 Å². The van der Waals surface area contributed by atoms with Crippen molar-refractivity contribution in [1.29, 1.82) is 0 Å². The molecule has 1 N–H and O–H groups in total. The lowest BCUT2D eigenvalue weighted by molar-refractivity contribution is -0.125. The highest BCUT2D eigenvalue weighted by Crippen LogP contribution is 2.31. The summed E-state index contributed by atoms with van der Waals surface area (Å²) >= 11 is 5.67. The fourth-order valence-corrected chi connectivity index (χ4v) is 2.13. The van der Waals surface area contributed by atoms with Crippen LogP contribution in [-0.4, -0.2) is 18.6 Å². The van der Waals surface area contributed by atoms with E-state index in [4.69, 9.17) is 21.1 Å². The fourth-order valence-electron chi connectivity index (χ4n) is 1.95. The Labute approximate surface area is 125 Å². The lowest BCUT2D eigenvalue weighted by Gasteiger charge is -2.25. The third kappa shape index (κ3) is 2.92. The normalized spacial score (nSPS) is 16.4. The molecule has 0 bridgehead atoms. The quantitative estimate of drug-likeness (QED) is 0.926. The number of ether oxygens (including phenoxy) is 2. The zero-order valence-corrected chi connectivity index (χ0v) is 11.6. The number of benzene rings is 2. The van der Waals surface area contributed by atoms with Gasteiger partial charge in [0.15, 0.2) is 11.5 Å². The summed E-state index contributed by atoms with van der Waals surface area (Å²) in [5.41, 5.74) is 0.397. The molecule has 2 aromatic rings. The number of hydrogen-bond acceptors (Lipinski definition) is 3. The molecular weight excluding hydrogens is 297 g/mol. The number of rotatable bonds is 2. The zero-order chi connectivity index (χ0) is 14.8. The number of carbonyl (C=O) groups excluding carboxylic acids is 1. The van der Waals surface area contributed by atoms with Crippen molar-refractivity contribution in [3.63, 3.8) is 0 Å². The first-order valence-corrected chi connectivity index (χ1v) is 6.65. The molecule has 1 heterocycles. The SMILES string of the molecule is O=C(Nc1ccc(F)c(Cl)c1)[C@@H]1COc2ccccc2O1. The molecule has 0 fully saturated rings. The highest BCUT2D eigenvalue weighted by molar-refractivity contribution is 6.31. The minimum Gasteiger partial charge on any atom is -0.485 e. The van der Waals surface area contributed by atoms with Gasteiger partial charge in [-0.25, -0.2) is 4.39 Å². The summed E-state index contributed by atoms with van der Waals surface area (Å²) in [5.74, 6) is 0.195. The second-order valence-electron chi connectivity index (χ2n) is 4.48. The van der Waals surface area contributed by atoms with E-state index >= 15 is 0 Å². The molecule has 0 aliphatic carbocycles. The van der Waals surface area contributed by atoms with Crippen LogP contribution in [-0.2, 0) is 4.79 Å². The van der Waals surface area contributed by atoms with Crippen LogP contribution >= 0.6 is 11.6 Å². The predicted octanol–water partition coefficient (Wildman–Crippen LogP) is 3.26. The molecule has 0 aromatic heterocycles. The van der Waals surface area contributed by atoms with Crippen LogP contribution in [0.3, 0.4) is 0 Å². The van der Waals surface area contributed by atoms with Crippen molar-refractivity contribution < 1.29 is 18.7 Å². The lowest BCUT2D eigenvalue weighted by atomic mass is 10.2. The number of amides is 1. The molecule has 1 amide bonds. The summed E-state index contributed by atoms with van der Waals surface area (Å²) < 4.78 is 24.1. The molecule has 6 heteroatoms. The molecule has 21 heavy (non-hydrogen) atoms. The van der Waals surface area contributed by atoms with Gasteiger partial charge in [0, 0.05) is 5.69 Å². The Morgan fingerprint density at radius 1 is 1.24 bits per heavy atom. The topological polar surface area (TPSA) is 47.6 Å². The highest BCUT2D eigenvalue weighted by atomic mass is 35.5. The number of hydrogen-bond donors (Lipinski definition) is 1. The van der Waals surface area contributed by atoms with E-state index in [1.54, 1.807) is 18.2 Å². The summed E-state index contributed by atoms with van der Waals surface area (Å²) in [4.78, 5) is 12.1. The first-order chi connectivity index (χ1) is 10.1.